The maximum absolute atomic E-state index is 6.01. The Morgan fingerprint density at radius 2 is 1.87 bits per heavy atom. The average Bonchev–Trinajstić information content (AvgIpc) is 2.61. The van der Waals surface area contributed by atoms with Crippen LogP contribution in [0.25, 0.3) is 10.8 Å². The topological polar surface area (TPSA) is 12.5 Å². The first-order chi connectivity index (χ1) is 11.2. The summed E-state index contributed by atoms with van der Waals surface area (Å²) >= 11 is 0. The van der Waals surface area contributed by atoms with Gasteiger partial charge in [-0.1, -0.05) is 48.8 Å². The van der Waals surface area contributed by atoms with E-state index in [2.05, 4.69) is 74.3 Å². The van der Waals surface area contributed by atoms with Gasteiger partial charge < -0.3 is 9.64 Å². The molecule has 0 saturated heterocycles. The van der Waals surface area contributed by atoms with Gasteiger partial charge in [-0.15, -0.1) is 0 Å². The maximum atomic E-state index is 6.01. The molecule has 0 bridgehead atoms. The number of aryl methyl sites for hydroxylation is 1. The summed E-state index contributed by atoms with van der Waals surface area (Å²) in [5, 5.41) is 2.58. The van der Waals surface area contributed by atoms with Crippen molar-refractivity contribution in [2.45, 2.75) is 19.9 Å². The van der Waals surface area contributed by atoms with Gasteiger partial charge in [-0.3, -0.25) is 0 Å². The minimum absolute atomic E-state index is 0.607. The van der Waals surface area contributed by atoms with Gasteiger partial charge in [0.05, 0.1) is 6.54 Å². The first-order valence-electron chi connectivity index (χ1n) is 8.23. The van der Waals surface area contributed by atoms with E-state index >= 15 is 0 Å². The number of benzene rings is 3. The third kappa shape index (κ3) is 2.57. The zero-order valence-electron chi connectivity index (χ0n) is 13.7. The average molecular weight is 301 g/mol. The Labute approximate surface area is 138 Å². The van der Waals surface area contributed by atoms with E-state index in [1.807, 2.05) is 0 Å². The van der Waals surface area contributed by atoms with E-state index in [0.717, 1.165) is 18.7 Å². The summed E-state index contributed by atoms with van der Waals surface area (Å²) in [6.45, 7) is 3.68. The van der Waals surface area contributed by atoms with Crippen LogP contribution in [0.2, 0.25) is 0 Å². The highest BCUT2D eigenvalue weighted by Gasteiger charge is 2.19. The smallest absolute Gasteiger partial charge is 0.161 e. The lowest BCUT2D eigenvalue weighted by molar-refractivity contribution is 0.290. The summed E-state index contributed by atoms with van der Waals surface area (Å²) in [5.74, 6) is 1.02. The molecule has 1 heterocycles. The van der Waals surface area contributed by atoms with E-state index < -0.39 is 0 Å². The fourth-order valence-electron chi connectivity index (χ4n) is 3.28. The van der Waals surface area contributed by atoms with Crippen LogP contribution in [-0.2, 0) is 13.0 Å². The molecule has 3 aromatic carbocycles. The van der Waals surface area contributed by atoms with Crippen LogP contribution in [0.1, 0.15) is 18.1 Å². The first-order valence-corrected chi connectivity index (χ1v) is 8.23. The lowest BCUT2D eigenvalue weighted by atomic mass is 9.91. The third-order valence-corrected chi connectivity index (χ3v) is 4.68. The Morgan fingerprint density at radius 3 is 2.65 bits per heavy atom. The zero-order valence-corrected chi connectivity index (χ0v) is 13.7. The highest BCUT2D eigenvalue weighted by molar-refractivity contribution is 6.33. The normalized spacial score (nSPS) is 13.7. The lowest BCUT2D eigenvalue weighted by Crippen LogP contribution is -2.32. The van der Waals surface area contributed by atoms with Crippen molar-refractivity contribution in [2.75, 3.05) is 11.6 Å². The minimum Gasteiger partial charge on any atom is -0.473 e. The van der Waals surface area contributed by atoms with Crippen LogP contribution >= 0.6 is 0 Å². The number of ether oxygens (including phenoxy) is 1. The Morgan fingerprint density at radius 1 is 1.04 bits per heavy atom. The van der Waals surface area contributed by atoms with E-state index in [0.29, 0.717) is 6.73 Å². The molecule has 0 spiro atoms. The van der Waals surface area contributed by atoms with E-state index in [1.165, 1.54) is 33.0 Å². The molecule has 0 unspecified atom stereocenters. The van der Waals surface area contributed by atoms with Crippen molar-refractivity contribution in [3.8, 4) is 5.75 Å². The maximum Gasteiger partial charge on any atom is 0.161 e. The lowest BCUT2D eigenvalue weighted by Gasteiger charge is -2.31. The van der Waals surface area contributed by atoms with Crippen molar-refractivity contribution in [1.29, 1.82) is 0 Å². The van der Waals surface area contributed by atoms with E-state index in [-0.39, 0.29) is 0 Å². The van der Waals surface area contributed by atoms with Crippen LogP contribution in [0.4, 0.5) is 5.69 Å². The van der Waals surface area contributed by atoms with E-state index in [9.17, 15) is 0 Å². The molecular formula is C20H20BNO. The van der Waals surface area contributed by atoms with Crippen LogP contribution in [0.5, 0.6) is 5.75 Å². The number of hydrogen-bond donors (Lipinski definition) is 0. The van der Waals surface area contributed by atoms with Gasteiger partial charge in [0.25, 0.3) is 0 Å². The van der Waals surface area contributed by atoms with Crippen molar-refractivity contribution < 1.29 is 4.74 Å². The zero-order chi connectivity index (χ0) is 15.8. The third-order valence-electron chi connectivity index (χ3n) is 4.68. The molecule has 23 heavy (non-hydrogen) atoms. The number of nitrogens with zero attached hydrogens (tertiary/aromatic N) is 1. The molecule has 114 valence electrons. The largest absolute Gasteiger partial charge is 0.473 e. The van der Waals surface area contributed by atoms with Gasteiger partial charge in [-0.25, -0.2) is 0 Å². The van der Waals surface area contributed by atoms with Crippen LogP contribution in [0.15, 0.2) is 54.6 Å². The van der Waals surface area contributed by atoms with Crippen LogP contribution in [-0.4, -0.2) is 14.6 Å². The number of anilines is 1. The van der Waals surface area contributed by atoms with Crippen molar-refractivity contribution >= 4 is 29.8 Å². The molecule has 4 rings (SSSR count). The molecule has 3 aromatic rings. The van der Waals surface area contributed by atoms with Crippen LogP contribution in [0, 0.1) is 0 Å². The summed E-state index contributed by atoms with van der Waals surface area (Å²) in [5.41, 5.74) is 5.17. The van der Waals surface area contributed by atoms with Crippen LogP contribution in [0.3, 0.4) is 0 Å². The van der Waals surface area contributed by atoms with Gasteiger partial charge in [0.1, 0.15) is 13.6 Å². The first kappa shape index (κ1) is 14.2. The van der Waals surface area contributed by atoms with Gasteiger partial charge in [0, 0.05) is 11.3 Å². The molecule has 0 amide bonds. The Kier molecular flexibility index (Phi) is 3.49. The summed E-state index contributed by atoms with van der Waals surface area (Å²) in [6, 6.07) is 19.7. The molecule has 1 aliphatic rings. The van der Waals surface area contributed by atoms with Crippen molar-refractivity contribution in [2.24, 2.45) is 0 Å². The second-order valence-electron chi connectivity index (χ2n) is 6.26. The highest BCUT2D eigenvalue weighted by Crippen LogP contribution is 2.33. The van der Waals surface area contributed by atoms with Crippen molar-refractivity contribution in [3.05, 3.63) is 65.7 Å². The van der Waals surface area contributed by atoms with Gasteiger partial charge in [0.2, 0.25) is 0 Å². The minimum atomic E-state index is 0.607. The van der Waals surface area contributed by atoms with Crippen LogP contribution < -0.4 is 15.1 Å². The highest BCUT2D eigenvalue weighted by atomic mass is 16.5. The molecular weight excluding hydrogens is 281 g/mol. The summed E-state index contributed by atoms with van der Waals surface area (Å²) in [6.07, 6.45) is 1.07. The quantitative estimate of drug-likeness (QED) is 0.675. The molecule has 2 nitrogen and oxygen atoms in total. The standard InChI is InChI=1S/C20H20BNO/c1-2-14-3-7-17(8-4-14)22-12-19-18-9-6-16(21)11-15(18)5-10-20(19)23-13-22/h3-11H,2,12-13,21H2,1H3. The molecule has 0 radical (unpaired) electrons. The van der Waals surface area contributed by atoms with Gasteiger partial charge >= 0.3 is 0 Å². The molecule has 0 fully saturated rings. The number of fused-ring (bicyclic) bond motifs is 3. The predicted molar refractivity (Wildman–Crippen MR) is 99.6 cm³/mol. The molecule has 1 aliphatic heterocycles. The summed E-state index contributed by atoms with van der Waals surface area (Å²) < 4.78 is 6.01. The second kappa shape index (κ2) is 5.66. The Hall–Kier alpha value is -2.42. The fourth-order valence-corrected chi connectivity index (χ4v) is 3.28. The van der Waals surface area contributed by atoms with E-state index in [1.54, 1.807) is 0 Å². The summed E-state index contributed by atoms with van der Waals surface area (Å²) in [4.78, 5) is 2.29. The van der Waals surface area contributed by atoms with Gasteiger partial charge in [-0.05, 0) is 41.0 Å². The summed E-state index contributed by atoms with van der Waals surface area (Å²) in [7, 11) is 2.14. The number of hydrogen-bond acceptors (Lipinski definition) is 2. The van der Waals surface area contributed by atoms with Gasteiger partial charge in [0.15, 0.2) is 6.73 Å². The fraction of sp³-hybridized carbons (Fsp3) is 0.200. The molecule has 0 aromatic heterocycles. The van der Waals surface area contributed by atoms with E-state index in [4.69, 9.17) is 4.74 Å². The molecule has 0 atom stereocenters. The van der Waals surface area contributed by atoms with Gasteiger partial charge in [-0.2, -0.15) is 0 Å². The molecule has 3 heteroatoms. The predicted octanol–water partition coefficient (Wildman–Crippen LogP) is 3.02. The second-order valence-corrected chi connectivity index (χ2v) is 6.26. The molecule has 0 aliphatic carbocycles. The monoisotopic (exact) mass is 301 g/mol. The Bertz CT molecular complexity index is 857. The SMILES string of the molecule is Bc1ccc2c3c(ccc2c1)OCN(c1ccc(CC)cc1)C3. The number of rotatable bonds is 2. The van der Waals surface area contributed by atoms with Crippen molar-refractivity contribution in [1.82, 2.24) is 0 Å². The van der Waals surface area contributed by atoms with Crippen molar-refractivity contribution in [3.63, 3.8) is 0 Å². The molecule has 0 N–H and O–H groups in total. The Balaban J connectivity index is 1.72. The molecule has 0 saturated carbocycles.